The summed E-state index contributed by atoms with van der Waals surface area (Å²) in [5, 5.41) is 4.09. The number of para-hydroxylation sites is 2. The number of aryl methyl sites for hydroxylation is 4. The molecule has 0 saturated heterocycles. The summed E-state index contributed by atoms with van der Waals surface area (Å²) in [4.78, 5) is 5.42. The van der Waals surface area contributed by atoms with E-state index < -0.39 is 0 Å². The lowest BCUT2D eigenvalue weighted by molar-refractivity contribution is 0.745. The normalized spacial score (nSPS) is 12.5. The Morgan fingerprint density at radius 1 is 0.718 bits per heavy atom. The Kier molecular flexibility index (Phi) is 7.36. The van der Waals surface area contributed by atoms with Crippen LogP contribution in [0.4, 0.5) is 5.69 Å². The van der Waals surface area contributed by atoms with Crippen LogP contribution >= 0.6 is 0 Å². The van der Waals surface area contributed by atoms with Gasteiger partial charge in [0.1, 0.15) is 11.9 Å². The molecule has 200 valence electrons. The zero-order chi connectivity index (χ0) is 27.8. The van der Waals surface area contributed by atoms with Crippen molar-refractivity contribution < 1.29 is 0 Å². The van der Waals surface area contributed by atoms with Crippen LogP contribution in [0.5, 0.6) is 0 Å². The largest absolute Gasteiger partial charge is 0.371 e. The Morgan fingerprint density at radius 3 is 1.90 bits per heavy atom. The SMILES string of the molecule is Cc1cc(C)c(C(Nc2c(C(C)C)cccc2C(C)C)c2nc3c(-c4ccccc4)cccc3n2C)c(C)c1. The molecular weight excluding hydrogens is 474 g/mol. The van der Waals surface area contributed by atoms with E-state index in [-0.39, 0.29) is 6.04 Å². The Labute approximate surface area is 233 Å². The highest BCUT2D eigenvalue weighted by atomic mass is 15.1. The number of hydrogen-bond donors (Lipinski definition) is 1. The summed E-state index contributed by atoms with van der Waals surface area (Å²) in [7, 11) is 2.16. The molecule has 1 N–H and O–H groups in total. The fourth-order valence-corrected chi connectivity index (χ4v) is 6.12. The summed E-state index contributed by atoms with van der Waals surface area (Å²) in [5.41, 5.74) is 13.6. The first-order valence-corrected chi connectivity index (χ1v) is 14.1. The van der Waals surface area contributed by atoms with Crippen LogP contribution < -0.4 is 5.32 Å². The van der Waals surface area contributed by atoms with E-state index in [1.807, 2.05) is 0 Å². The minimum atomic E-state index is -0.107. The van der Waals surface area contributed by atoms with E-state index in [0.29, 0.717) is 11.8 Å². The summed E-state index contributed by atoms with van der Waals surface area (Å²) >= 11 is 0. The smallest absolute Gasteiger partial charge is 0.136 e. The molecule has 5 rings (SSSR count). The molecule has 3 heteroatoms. The number of nitrogens with one attached hydrogen (secondary N) is 1. The predicted octanol–water partition coefficient (Wildman–Crippen LogP) is 9.61. The van der Waals surface area contributed by atoms with Gasteiger partial charge in [0.15, 0.2) is 0 Å². The standard InChI is InChI=1S/C36H41N3/c1-22(2)28-16-12-17-29(23(3)4)33(28)37-35(32-25(6)20-24(5)21-26(32)7)36-38-34-30(27-14-10-9-11-15-27)18-13-19-31(34)39(36)8/h9-23,35,37H,1-8H3. The summed E-state index contributed by atoms with van der Waals surface area (Å²) in [6.45, 7) is 15.8. The van der Waals surface area contributed by atoms with Crippen molar-refractivity contribution in [2.24, 2.45) is 7.05 Å². The maximum Gasteiger partial charge on any atom is 0.136 e. The molecule has 0 aliphatic carbocycles. The molecule has 0 aliphatic heterocycles. The van der Waals surface area contributed by atoms with Crippen molar-refractivity contribution in [2.75, 3.05) is 5.32 Å². The first kappa shape index (κ1) is 26.7. The molecule has 1 unspecified atom stereocenters. The highest BCUT2D eigenvalue weighted by Crippen LogP contribution is 2.40. The topological polar surface area (TPSA) is 29.9 Å². The second-order valence-corrected chi connectivity index (χ2v) is 11.6. The molecule has 0 saturated carbocycles. The van der Waals surface area contributed by atoms with Crippen molar-refractivity contribution in [1.29, 1.82) is 0 Å². The molecular formula is C36H41N3. The molecule has 1 heterocycles. The monoisotopic (exact) mass is 515 g/mol. The number of rotatable bonds is 7. The Morgan fingerprint density at radius 2 is 1.31 bits per heavy atom. The number of imidazole rings is 1. The zero-order valence-electron chi connectivity index (χ0n) is 24.6. The fraction of sp³-hybridized carbons (Fsp3) is 0.306. The van der Waals surface area contributed by atoms with Crippen LogP contribution in [0.15, 0.2) is 78.9 Å². The van der Waals surface area contributed by atoms with E-state index in [1.54, 1.807) is 0 Å². The van der Waals surface area contributed by atoms with E-state index in [2.05, 4.69) is 144 Å². The van der Waals surface area contributed by atoms with Gasteiger partial charge in [-0.1, -0.05) is 106 Å². The third kappa shape index (κ3) is 4.98. The number of hydrogen-bond acceptors (Lipinski definition) is 2. The van der Waals surface area contributed by atoms with Gasteiger partial charge in [0, 0.05) is 18.3 Å². The van der Waals surface area contributed by atoms with Crippen molar-refractivity contribution in [1.82, 2.24) is 9.55 Å². The second kappa shape index (κ2) is 10.7. The van der Waals surface area contributed by atoms with Gasteiger partial charge in [-0.3, -0.25) is 0 Å². The lowest BCUT2D eigenvalue weighted by Crippen LogP contribution is -2.21. The Bertz CT molecular complexity index is 1570. The van der Waals surface area contributed by atoms with Crippen LogP contribution in [0.3, 0.4) is 0 Å². The van der Waals surface area contributed by atoms with Crippen LogP contribution in [-0.4, -0.2) is 9.55 Å². The molecule has 1 aromatic heterocycles. The van der Waals surface area contributed by atoms with Crippen molar-refractivity contribution in [2.45, 2.75) is 66.3 Å². The molecule has 4 aromatic carbocycles. The quantitative estimate of drug-likeness (QED) is 0.234. The highest BCUT2D eigenvalue weighted by molar-refractivity contribution is 5.92. The number of fused-ring (bicyclic) bond motifs is 1. The van der Waals surface area contributed by atoms with Crippen molar-refractivity contribution >= 4 is 16.7 Å². The van der Waals surface area contributed by atoms with Crippen molar-refractivity contribution in [3.63, 3.8) is 0 Å². The number of aromatic nitrogens is 2. The maximum absolute atomic E-state index is 5.42. The van der Waals surface area contributed by atoms with Gasteiger partial charge in [-0.05, 0) is 72.1 Å². The highest BCUT2D eigenvalue weighted by Gasteiger charge is 2.27. The van der Waals surface area contributed by atoms with Gasteiger partial charge < -0.3 is 9.88 Å². The molecule has 39 heavy (non-hydrogen) atoms. The van der Waals surface area contributed by atoms with Crippen molar-refractivity contribution in [3.05, 3.63) is 118 Å². The van der Waals surface area contributed by atoms with Crippen LogP contribution in [-0.2, 0) is 7.05 Å². The van der Waals surface area contributed by atoms with Crippen LogP contribution in [0.25, 0.3) is 22.2 Å². The second-order valence-electron chi connectivity index (χ2n) is 11.6. The van der Waals surface area contributed by atoms with E-state index in [4.69, 9.17) is 4.98 Å². The summed E-state index contributed by atoms with van der Waals surface area (Å²) < 4.78 is 2.28. The molecule has 0 radical (unpaired) electrons. The molecule has 0 aliphatic rings. The van der Waals surface area contributed by atoms with E-state index in [0.717, 1.165) is 22.4 Å². The molecule has 0 bridgehead atoms. The zero-order valence-corrected chi connectivity index (χ0v) is 24.6. The van der Waals surface area contributed by atoms with Gasteiger partial charge in [0.05, 0.1) is 11.0 Å². The fourth-order valence-electron chi connectivity index (χ4n) is 6.12. The third-order valence-electron chi connectivity index (χ3n) is 7.98. The Balaban J connectivity index is 1.78. The van der Waals surface area contributed by atoms with Crippen molar-refractivity contribution in [3.8, 4) is 11.1 Å². The molecule has 0 amide bonds. The van der Waals surface area contributed by atoms with Gasteiger partial charge in [-0.25, -0.2) is 4.98 Å². The minimum Gasteiger partial charge on any atom is -0.371 e. The first-order chi connectivity index (χ1) is 18.7. The first-order valence-electron chi connectivity index (χ1n) is 14.1. The van der Waals surface area contributed by atoms with Crippen LogP contribution in [0.1, 0.15) is 84.8 Å². The number of benzene rings is 4. The van der Waals surface area contributed by atoms with E-state index >= 15 is 0 Å². The molecule has 0 spiro atoms. The molecule has 1 atom stereocenters. The minimum absolute atomic E-state index is 0.107. The molecule has 5 aromatic rings. The summed E-state index contributed by atoms with van der Waals surface area (Å²) in [5.74, 6) is 1.83. The number of anilines is 1. The van der Waals surface area contributed by atoms with Gasteiger partial charge in [0.25, 0.3) is 0 Å². The maximum atomic E-state index is 5.42. The van der Waals surface area contributed by atoms with Gasteiger partial charge in [0.2, 0.25) is 0 Å². The lowest BCUT2D eigenvalue weighted by atomic mass is 9.89. The average molecular weight is 516 g/mol. The lowest BCUT2D eigenvalue weighted by Gasteiger charge is -2.28. The van der Waals surface area contributed by atoms with Gasteiger partial charge in [-0.15, -0.1) is 0 Å². The number of nitrogens with zero attached hydrogens (tertiary/aromatic N) is 2. The summed E-state index contributed by atoms with van der Waals surface area (Å²) in [6.07, 6.45) is 0. The van der Waals surface area contributed by atoms with E-state index in [9.17, 15) is 0 Å². The summed E-state index contributed by atoms with van der Waals surface area (Å²) in [6, 6.07) is 28.3. The van der Waals surface area contributed by atoms with Crippen LogP contribution in [0.2, 0.25) is 0 Å². The average Bonchev–Trinajstić information content (AvgIpc) is 3.24. The predicted molar refractivity (Wildman–Crippen MR) is 167 cm³/mol. The van der Waals surface area contributed by atoms with Gasteiger partial charge in [-0.2, -0.15) is 0 Å². The molecule has 0 fully saturated rings. The van der Waals surface area contributed by atoms with Gasteiger partial charge >= 0.3 is 0 Å². The van der Waals surface area contributed by atoms with E-state index in [1.165, 1.54) is 44.6 Å². The van der Waals surface area contributed by atoms with Crippen LogP contribution in [0, 0.1) is 20.8 Å². The Hall–Kier alpha value is -3.85. The third-order valence-corrected chi connectivity index (χ3v) is 7.98. The molecule has 3 nitrogen and oxygen atoms in total.